The summed E-state index contributed by atoms with van der Waals surface area (Å²) < 4.78 is 0. The van der Waals surface area contributed by atoms with E-state index in [0.717, 1.165) is 23.6 Å². The van der Waals surface area contributed by atoms with Crippen LogP contribution in [0.3, 0.4) is 0 Å². The fourth-order valence-corrected chi connectivity index (χ4v) is 1.49. The fraction of sp³-hybridized carbons (Fsp3) is 0.333. The highest BCUT2D eigenvalue weighted by Crippen LogP contribution is 2.16. The lowest BCUT2D eigenvalue weighted by atomic mass is 10.1. The second kappa shape index (κ2) is 5.71. The third kappa shape index (κ3) is 3.84. The number of anilines is 1. The zero-order valence-electron chi connectivity index (χ0n) is 8.46. The Hall–Kier alpha value is -0.950. The molecule has 0 aliphatic heterocycles. The second-order valence-electron chi connectivity index (χ2n) is 3.42. The number of benzene rings is 1. The van der Waals surface area contributed by atoms with Crippen molar-refractivity contribution in [1.82, 2.24) is 0 Å². The number of halogens is 1. The summed E-state index contributed by atoms with van der Waals surface area (Å²) in [5.41, 5.74) is 1.08. The van der Waals surface area contributed by atoms with Gasteiger partial charge in [-0.2, -0.15) is 0 Å². The number of allylic oxidation sites excluding steroid dienone is 1. The maximum absolute atomic E-state index is 5.88. The lowest BCUT2D eigenvalue weighted by molar-refractivity contribution is 0.719. The van der Waals surface area contributed by atoms with Crippen molar-refractivity contribution in [3.8, 4) is 0 Å². The number of rotatable bonds is 5. The summed E-state index contributed by atoms with van der Waals surface area (Å²) in [6.45, 7) is 5.86. The Labute approximate surface area is 90.8 Å². The van der Waals surface area contributed by atoms with E-state index in [2.05, 4.69) is 18.8 Å². The van der Waals surface area contributed by atoms with Crippen molar-refractivity contribution >= 4 is 17.3 Å². The molecular formula is C12H16ClN. The quantitative estimate of drug-likeness (QED) is 0.720. The summed E-state index contributed by atoms with van der Waals surface area (Å²) >= 11 is 5.88. The summed E-state index contributed by atoms with van der Waals surface area (Å²) in [7, 11) is 0. The van der Waals surface area contributed by atoms with Crippen LogP contribution in [0, 0.1) is 0 Å². The molecule has 1 N–H and O–H groups in total. The van der Waals surface area contributed by atoms with Crippen LogP contribution in [0.1, 0.15) is 19.8 Å². The van der Waals surface area contributed by atoms with Gasteiger partial charge in [0.15, 0.2) is 0 Å². The predicted octanol–water partition coefficient (Wildman–Crippen LogP) is 4.11. The maximum Gasteiger partial charge on any atom is 0.0426 e. The molecule has 0 aromatic heterocycles. The van der Waals surface area contributed by atoms with E-state index in [4.69, 9.17) is 11.6 Å². The van der Waals surface area contributed by atoms with Gasteiger partial charge in [-0.1, -0.05) is 23.7 Å². The van der Waals surface area contributed by atoms with E-state index in [-0.39, 0.29) is 0 Å². The van der Waals surface area contributed by atoms with Gasteiger partial charge < -0.3 is 5.32 Å². The first-order chi connectivity index (χ1) is 6.72. The monoisotopic (exact) mass is 209 g/mol. The number of hydrogen-bond acceptors (Lipinski definition) is 1. The molecule has 76 valence electrons. The van der Waals surface area contributed by atoms with Gasteiger partial charge in [0.1, 0.15) is 0 Å². The van der Waals surface area contributed by atoms with Crippen LogP contribution in [-0.4, -0.2) is 6.04 Å². The van der Waals surface area contributed by atoms with Gasteiger partial charge in [0.05, 0.1) is 0 Å². The molecule has 0 fully saturated rings. The van der Waals surface area contributed by atoms with Crippen LogP contribution < -0.4 is 5.32 Å². The van der Waals surface area contributed by atoms with Gasteiger partial charge in [0.2, 0.25) is 0 Å². The second-order valence-corrected chi connectivity index (χ2v) is 3.86. The average molecular weight is 210 g/mol. The van der Waals surface area contributed by atoms with Crippen LogP contribution >= 0.6 is 11.6 Å². The van der Waals surface area contributed by atoms with E-state index in [1.54, 1.807) is 0 Å². The molecule has 0 amide bonds. The lowest BCUT2D eigenvalue weighted by Crippen LogP contribution is -2.14. The minimum absolute atomic E-state index is 0.450. The molecule has 1 unspecified atom stereocenters. The molecule has 2 heteroatoms. The Balaban J connectivity index is 2.47. The van der Waals surface area contributed by atoms with Crippen molar-refractivity contribution in [2.24, 2.45) is 0 Å². The molecule has 1 atom stereocenters. The van der Waals surface area contributed by atoms with Crippen molar-refractivity contribution in [1.29, 1.82) is 0 Å². The summed E-state index contributed by atoms with van der Waals surface area (Å²) in [5.74, 6) is 0. The zero-order chi connectivity index (χ0) is 10.4. The first-order valence-corrected chi connectivity index (χ1v) is 5.23. The van der Waals surface area contributed by atoms with E-state index in [9.17, 15) is 0 Å². The van der Waals surface area contributed by atoms with Crippen LogP contribution in [0.2, 0.25) is 5.02 Å². The normalized spacial score (nSPS) is 12.1. The van der Waals surface area contributed by atoms with Crippen molar-refractivity contribution in [3.63, 3.8) is 0 Å². The molecule has 0 aliphatic carbocycles. The molecule has 0 bridgehead atoms. The third-order valence-electron chi connectivity index (χ3n) is 2.04. The molecule has 1 aromatic carbocycles. The smallest absolute Gasteiger partial charge is 0.0426 e. The van der Waals surface area contributed by atoms with Crippen LogP contribution in [0.25, 0.3) is 0 Å². The van der Waals surface area contributed by atoms with Gasteiger partial charge >= 0.3 is 0 Å². The molecule has 1 aromatic rings. The van der Waals surface area contributed by atoms with Crippen LogP contribution in [-0.2, 0) is 0 Å². The maximum atomic E-state index is 5.88. The first-order valence-electron chi connectivity index (χ1n) is 4.85. The van der Waals surface area contributed by atoms with E-state index in [0.29, 0.717) is 6.04 Å². The van der Waals surface area contributed by atoms with Gasteiger partial charge in [-0.15, -0.1) is 6.58 Å². The lowest BCUT2D eigenvalue weighted by Gasteiger charge is -2.14. The first kappa shape index (κ1) is 11.1. The van der Waals surface area contributed by atoms with Crippen molar-refractivity contribution < 1.29 is 0 Å². The summed E-state index contributed by atoms with van der Waals surface area (Å²) in [5, 5.41) is 4.15. The van der Waals surface area contributed by atoms with Gasteiger partial charge in [0, 0.05) is 16.8 Å². The Morgan fingerprint density at radius 2 is 2.36 bits per heavy atom. The van der Waals surface area contributed by atoms with Crippen LogP contribution in [0.5, 0.6) is 0 Å². The van der Waals surface area contributed by atoms with Gasteiger partial charge in [-0.25, -0.2) is 0 Å². The highest BCUT2D eigenvalue weighted by atomic mass is 35.5. The van der Waals surface area contributed by atoms with E-state index in [1.807, 2.05) is 30.3 Å². The van der Waals surface area contributed by atoms with Gasteiger partial charge in [-0.05, 0) is 38.0 Å². The molecule has 0 aliphatic rings. The molecule has 1 rings (SSSR count). The minimum atomic E-state index is 0.450. The highest BCUT2D eigenvalue weighted by molar-refractivity contribution is 6.30. The standard InChI is InChI=1S/C12H16ClN/c1-3-4-6-10(2)14-12-8-5-7-11(13)9-12/h3,5,7-10,14H,1,4,6H2,2H3. The van der Waals surface area contributed by atoms with Gasteiger partial charge in [-0.3, -0.25) is 0 Å². The van der Waals surface area contributed by atoms with Crippen LogP contribution in [0.4, 0.5) is 5.69 Å². The number of hydrogen-bond donors (Lipinski definition) is 1. The molecule has 1 nitrogen and oxygen atoms in total. The van der Waals surface area contributed by atoms with Crippen molar-refractivity contribution in [3.05, 3.63) is 41.9 Å². The Morgan fingerprint density at radius 1 is 1.57 bits per heavy atom. The average Bonchev–Trinajstić information content (AvgIpc) is 2.15. The molecule has 0 saturated carbocycles. The summed E-state index contributed by atoms with van der Waals surface area (Å²) in [6, 6.07) is 8.24. The van der Waals surface area contributed by atoms with E-state index < -0.39 is 0 Å². The summed E-state index contributed by atoms with van der Waals surface area (Å²) in [4.78, 5) is 0. The zero-order valence-corrected chi connectivity index (χ0v) is 9.22. The Kier molecular flexibility index (Phi) is 4.54. The Morgan fingerprint density at radius 3 is 3.00 bits per heavy atom. The Bertz CT molecular complexity index is 296. The highest BCUT2D eigenvalue weighted by Gasteiger charge is 2.00. The summed E-state index contributed by atoms with van der Waals surface area (Å²) in [6.07, 6.45) is 4.07. The van der Waals surface area contributed by atoms with E-state index in [1.165, 1.54) is 0 Å². The molecule has 0 spiro atoms. The fourth-order valence-electron chi connectivity index (χ4n) is 1.30. The van der Waals surface area contributed by atoms with Crippen LogP contribution in [0.15, 0.2) is 36.9 Å². The molecule has 0 saturated heterocycles. The largest absolute Gasteiger partial charge is 0.383 e. The SMILES string of the molecule is C=CCCC(C)Nc1cccc(Cl)c1. The molecular weight excluding hydrogens is 194 g/mol. The van der Waals surface area contributed by atoms with Crippen molar-refractivity contribution in [2.75, 3.05) is 5.32 Å². The molecule has 0 radical (unpaired) electrons. The van der Waals surface area contributed by atoms with Gasteiger partial charge in [0.25, 0.3) is 0 Å². The topological polar surface area (TPSA) is 12.0 Å². The molecule has 0 heterocycles. The number of nitrogens with one attached hydrogen (secondary N) is 1. The van der Waals surface area contributed by atoms with Crippen molar-refractivity contribution in [2.45, 2.75) is 25.8 Å². The minimum Gasteiger partial charge on any atom is -0.383 e. The van der Waals surface area contributed by atoms with E-state index >= 15 is 0 Å². The molecule has 14 heavy (non-hydrogen) atoms. The predicted molar refractivity (Wildman–Crippen MR) is 64.0 cm³/mol. The third-order valence-corrected chi connectivity index (χ3v) is 2.28.